The first-order chi connectivity index (χ1) is 14.8. The summed E-state index contributed by atoms with van der Waals surface area (Å²) in [5.41, 5.74) is 0.985. The van der Waals surface area contributed by atoms with Crippen LogP contribution < -0.4 is 10.5 Å². The lowest BCUT2D eigenvalue weighted by molar-refractivity contribution is 0.0531. The van der Waals surface area contributed by atoms with Gasteiger partial charge in [0.1, 0.15) is 9.71 Å². The zero-order valence-corrected chi connectivity index (χ0v) is 20.0. The summed E-state index contributed by atoms with van der Waals surface area (Å²) in [6.07, 6.45) is 4.24. The average Bonchev–Trinajstić information content (AvgIpc) is 3.28. The number of esters is 1. The van der Waals surface area contributed by atoms with E-state index >= 15 is 0 Å². The van der Waals surface area contributed by atoms with Gasteiger partial charge in [0, 0.05) is 13.6 Å². The number of nitrogens with zero attached hydrogens (tertiary/aromatic N) is 4. The molecule has 0 saturated carbocycles. The second-order valence-electron chi connectivity index (χ2n) is 7.19. The fourth-order valence-electron chi connectivity index (χ4n) is 3.22. The number of anilines is 1. The van der Waals surface area contributed by atoms with E-state index in [1.807, 2.05) is 0 Å². The van der Waals surface area contributed by atoms with Gasteiger partial charge >= 0.3 is 5.97 Å². The molecule has 0 N–H and O–H groups in total. The maximum atomic E-state index is 13.6. The Morgan fingerprint density at radius 3 is 2.58 bits per heavy atom. The van der Waals surface area contributed by atoms with Gasteiger partial charge in [0.25, 0.3) is 11.5 Å². The quantitative estimate of drug-likeness (QED) is 0.370. The van der Waals surface area contributed by atoms with Gasteiger partial charge < -0.3 is 9.30 Å². The first-order valence-electron chi connectivity index (χ1n) is 10.2. The molecule has 0 unspecified atom stereocenters. The number of aryl methyl sites for hydroxylation is 3. The van der Waals surface area contributed by atoms with Crippen molar-refractivity contribution in [2.45, 2.75) is 47.0 Å². The van der Waals surface area contributed by atoms with Crippen LogP contribution in [0.2, 0.25) is 0 Å². The molecule has 0 atom stereocenters. The van der Waals surface area contributed by atoms with Crippen LogP contribution in [0, 0.1) is 13.8 Å². The van der Waals surface area contributed by atoms with E-state index in [-0.39, 0.29) is 18.1 Å². The lowest BCUT2D eigenvalue weighted by Crippen LogP contribution is -2.31. The zero-order valence-electron chi connectivity index (χ0n) is 18.4. The number of amides is 1. The summed E-state index contributed by atoms with van der Waals surface area (Å²) < 4.78 is 6.52. The molecule has 3 aromatic rings. The molecule has 0 bridgehead atoms. The van der Waals surface area contributed by atoms with Crippen molar-refractivity contribution in [3.05, 3.63) is 37.7 Å². The largest absolute Gasteiger partial charge is 0.462 e. The lowest BCUT2D eigenvalue weighted by Gasteiger charge is -2.19. The number of aromatic nitrogens is 3. The molecule has 0 saturated heterocycles. The molecule has 3 aromatic heterocycles. The second kappa shape index (κ2) is 9.69. The Kier molecular flexibility index (Phi) is 7.22. The lowest BCUT2D eigenvalue weighted by atomic mass is 10.2. The highest BCUT2D eigenvalue weighted by atomic mass is 32.1. The molecule has 3 rings (SSSR count). The van der Waals surface area contributed by atoms with E-state index in [1.165, 1.54) is 22.2 Å². The molecule has 8 nitrogen and oxygen atoms in total. The van der Waals surface area contributed by atoms with Crippen LogP contribution >= 0.6 is 22.7 Å². The number of thiophene rings is 1. The summed E-state index contributed by atoms with van der Waals surface area (Å²) in [5.74, 6) is -0.668. The van der Waals surface area contributed by atoms with Gasteiger partial charge in [0.15, 0.2) is 5.13 Å². The number of thiazole rings is 1. The Balaban J connectivity index is 2.04. The van der Waals surface area contributed by atoms with Crippen molar-refractivity contribution in [2.24, 2.45) is 7.05 Å². The van der Waals surface area contributed by atoms with Gasteiger partial charge in [-0.05, 0) is 32.8 Å². The average molecular weight is 463 g/mol. The first-order valence-corrected chi connectivity index (χ1v) is 11.8. The number of rotatable bonds is 8. The maximum Gasteiger partial charge on any atom is 0.350 e. The SMILES string of the molecule is CCCCCN(C(=O)c1sc2ncn(C)c(=O)c2c1C)c1nc(C)c(C(=O)OCC)s1. The monoisotopic (exact) mass is 462 g/mol. The van der Waals surface area contributed by atoms with Gasteiger partial charge in [-0.15, -0.1) is 11.3 Å². The Morgan fingerprint density at radius 2 is 1.90 bits per heavy atom. The molecule has 0 aliphatic carbocycles. The van der Waals surface area contributed by atoms with Gasteiger partial charge in [0.2, 0.25) is 0 Å². The van der Waals surface area contributed by atoms with Crippen molar-refractivity contribution in [1.29, 1.82) is 0 Å². The normalized spacial score (nSPS) is 11.1. The number of carbonyl (C=O) groups is 2. The minimum absolute atomic E-state index is 0.176. The highest BCUT2D eigenvalue weighted by molar-refractivity contribution is 7.21. The standard InChI is InChI=1S/C21H26N4O4S2/c1-6-8-9-10-25(21-23-13(4)16(31-21)20(28)29-7-2)19(27)15-12(3)14-17(30-15)22-11-24(5)18(14)26/h11H,6-10H2,1-5H3. The van der Waals surface area contributed by atoms with Gasteiger partial charge in [-0.3, -0.25) is 14.5 Å². The van der Waals surface area contributed by atoms with Crippen molar-refractivity contribution >= 4 is 49.9 Å². The number of carbonyl (C=O) groups excluding carboxylic acids is 2. The topological polar surface area (TPSA) is 94.4 Å². The van der Waals surface area contributed by atoms with E-state index in [9.17, 15) is 14.4 Å². The highest BCUT2D eigenvalue weighted by Crippen LogP contribution is 2.32. The van der Waals surface area contributed by atoms with Crippen molar-refractivity contribution in [2.75, 3.05) is 18.1 Å². The third kappa shape index (κ3) is 4.54. The molecule has 0 aliphatic heterocycles. The van der Waals surface area contributed by atoms with Crippen molar-refractivity contribution in [3.8, 4) is 0 Å². The summed E-state index contributed by atoms with van der Waals surface area (Å²) in [6.45, 7) is 8.10. The van der Waals surface area contributed by atoms with Gasteiger partial charge in [-0.1, -0.05) is 31.1 Å². The van der Waals surface area contributed by atoms with E-state index in [0.29, 0.717) is 42.9 Å². The van der Waals surface area contributed by atoms with Crippen molar-refractivity contribution in [3.63, 3.8) is 0 Å². The van der Waals surface area contributed by atoms with E-state index in [4.69, 9.17) is 4.74 Å². The Hall–Kier alpha value is -2.59. The number of fused-ring (bicyclic) bond motifs is 1. The van der Waals surface area contributed by atoms with E-state index in [1.54, 1.807) is 32.7 Å². The summed E-state index contributed by atoms with van der Waals surface area (Å²) in [5, 5.41) is 0.925. The van der Waals surface area contributed by atoms with Crippen LogP contribution in [-0.4, -0.2) is 39.6 Å². The molecular weight excluding hydrogens is 436 g/mol. The third-order valence-electron chi connectivity index (χ3n) is 4.91. The molecule has 31 heavy (non-hydrogen) atoms. The maximum absolute atomic E-state index is 13.6. The summed E-state index contributed by atoms with van der Waals surface area (Å²) in [4.78, 5) is 50.2. The fraction of sp³-hybridized carbons (Fsp3) is 0.476. The van der Waals surface area contributed by atoms with Gasteiger partial charge in [0.05, 0.1) is 28.9 Å². The zero-order chi connectivity index (χ0) is 22.7. The summed E-state index contributed by atoms with van der Waals surface area (Å²) in [7, 11) is 1.64. The first kappa shape index (κ1) is 23.1. The molecule has 1 amide bonds. The van der Waals surface area contributed by atoms with Crippen LogP contribution in [0.25, 0.3) is 10.2 Å². The predicted molar refractivity (Wildman–Crippen MR) is 124 cm³/mol. The van der Waals surface area contributed by atoms with E-state index < -0.39 is 5.97 Å². The molecule has 0 aliphatic rings. The Morgan fingerprint density at radius 1 is 1.16 bits per heavy atom. The van der Waals surface area contributed by atoms with Crippen molar-refractivity contribution in [1.82, 2.24) is 14.5 Å². The summed E-state index contributed by atoms with van der Waals surface area (Å²) in [6, 6.07) is 0. The Bertz CT molecular complexity index is 1180. The molecule has 3 heterocycles. The third-order valence-corrected chi connectivity index (χ3v) is 7.26. The van der Waals surface area contributed by atoms with Crippen LogP contribution in [0.1, 0.15) is 63.7 Å². The molecule has 0 radical (unpaired) electrons. The number of ether oxygens (including phenoxy) is 1. The van der Waals surface area contributed by atoms with Crippen LogP contribution in [0.4, 0.5) is 5.13 Å². The second-order valence-corrected chi connectivity index (χ2v) is 9.17. The number of hydrogen-bond donors (Lipinski definition) is 0. The van der Waals surface area contributed by atoms with E-state index in [2.05, 4.69) is 16.9 Å². The molecule has 0 aromatic carbocycles. The van der Waals surface area contributed by atoms with Gasteiger partial charge in [-0.2, -0.15) is 0 Å². The smallest absolute Gasteiger partial charge is 0.350 e. The van der Waals surface area contributed by atoms with Crippen LogP contribution in [0.15, 0.2) is 11.1 Å². The van der Waals surface area contributed by atoms with Gasteiger partial charge in [-0.25, -0.2) is 14.8 Å². The molecule has 0 fully saturated rings. The van der Waals surface area contributed by atoms with Crippen LogP contribution in [0.3, 0.4) is 0 Å². The van der Waals surface area contributed by atoms with Crippen molar-refractivity contribution < 1.29 is 14.3 Å². The number of hydrogen-bond acceptors (Lipinski definition) is 8. The number of unbranched alkanes of at least 4 members (excludes halogenated alkanes) is 2. The van der Waals surface area contributed by atoms with Crippen LogP contribution in [-0.2, 0) is 11.8 Å². The molecule has 10 heteroatoms. The predicted octanol–water partition coefficient (Wildman–Crippen LogP) is 4.08. The van der Waals surface area contributed by atoms with E-state index in [0.717, 1.165) is 30.6 Å². The minimum Gasteiger partial charge on any atom is -0.462 e. The molecule has 166 valence electrons. The Labute approximate surface area is 188 Å². The molecular formula is C21H26N4O4S2. The molecule has 0 spiro atoms. The summed E-state index contributed by atoms with van der Waals surface area (Å²) >= 11 is 2.37. The fourth-order valence-corrected chi connectivity index (χ4v) is 5.30. The van der Waals surface area contributed by atoms with Crippen LogP contribution in [0.5, 0.6) is 0 Å². The minimum atomic E-state index is -0.435. The highest BCUT2D eigenvalue weighted by Gasteiger charge is 2.28.